The van der Waals surface area contributed by atoms with Gasteiger partial charge in [0.05, 0.1) is 29.8 Å². The van der Waals surface area contributed by atoms with Crippen molar-refractivity contribution in [1.82, 2.24) is 51.7 Å². The summed E-state index contributed by atoms with van der Waals surface area (Å²) in [7, 11) is 1.45. The largest absolute Gasteiger partial charge is 0.508 e. The van der Waals surface area contributed by atoms with Crippen LogP contribution in [0, 0.1) is 17.2 Å². The van der Waals surface area contributed by atoms with Crippen molar-refractivity contribution in [3.8, 4) is 5.75 Å². The quantitative estimate of drug-likeness (QED) is 0.0213. The van der Waals surface area contributed by atoms with E-state index in [4.69, 9.17) is 22.6 Å². The molecule has 3 aromatic rings. The second-order valence-electron chi connectivity index (χ2n) is 20.6. The zero-order valence-electron chi connectivity index (χ0n) is 46.5. The van der Waals surface area contributed by atoms with Gasteiger partial charge in [-0.05, 0) is 92.8 Å². The zero-order chi connectivity index (χ0) is 58.5. The SMILES string of the molecule is CC[C@H](C)[C@H](N)C(=O)N[C@@H](CCCCN)C(=O)N1CCN(c2ccc3ncn(CC(=O)N[C@@H](CCCNC(=N)N)C(=O)N[C@@H](CC4=NCC=N4)C(=O)N[C@H](Cc4ccc(O)cc4)C(=O)N[C@@H](CC(C)C)C(=O)NC)c(=O)c3c2)CC1. The lowest BCUT2D eigenvalue weighted by Crippen LogP contribution is -2.59. The second-order valence-corrected chi connectivity index (χ2v) is 20.6. The predicted molar refractivity (Wildman–Crippen MR) is 305 cm³/mol. The summed E-state index contributed by atoms with van der Waals surface area (Å²) < 4.78 is 1.11. The van der Waals surface area contributed by atoms with Crippen LogP contribution in [0.25, 0.3) is 10.9 Å². The van der Waals surface area contributed by atoms with Crippen molar-refractivity contribution in [2.75, 3.05) is 57.8 Å². The monoisotopic (exact) mass is 1110 g/mol. The van der Waals surface area contributed by atoms with Crippen molar-refractivity contribution in [2.24, 2.45) is 39.0 Å². The van der Waals surface area contributed by atoms with E-state index in [2.05, 4.69) is 52.2 Å². The normalized spacial score (nSPS) is 15.8. The van der Waals surface area contributed by atoms with E-state index in [1.807, 2.05) is 38.7 Å². The topological polar surface area (TPSA) is 392 Å². The van der Waals surface area contributed by atoms with Crippen molar-refractivity contribution in [2.45, 2.75) is 128 Å². The number of unbranched alkanes of at least 4 members (excludes halogenated alkanes) is 1. The first-order valence-electron chi connectivity index (χ1n) is 27.3. The number of anilines is 1. The van der Waals surface area contributed by atoms with E-state index in [9.17, 15) is 43.5 Å². The van der Waals surface area contributed by atoms with Crippen LogP contribution < -0.4 is 64.9 Å². The molecule has 26 heteroatoms. The number of aliphatic imine (C=N–C) groups is 2. The molecule has 15 N–H and O–H groups in total. The molecule has 2 aliphatic rings. The van der Waals surface area contributed by atoms with E-state index in [1.54, 1.807) is 29.2 Å². The van der Waals surface area contributed by atoms with Gasteiger partial charge in [-0.3, -0.25) is 53.3 Å². The van der Waals surface area contributed by atoms with Gasteiger partial charge >= 0.3 is 0 Å². The van der Waals surface area contributed by atoms with Crippen LogP contribution in [0.1, 0.15) is 84.6 Å². The second kappa shape index (κ2) is 31.0. The number of carbonyl (C=O) groups excluding carboxylic acids is 7. The van der Waals surface area contributed by atoms with Gasteiger partial charge in [0.2, 0.25) is 41.4 Å². The molecule has 2 aromatic carbocycles. The van der Waals surface area contributed by atoms with Crippen LogP contribution >= 0.6 is 0 Å². The zero-order valence-corrected chi connectivity index (χ0v) is 46.5. The number of phenols is 1. The van der Waals surface area contributed by atoms with Gasteiger partial charge in [-0.25, -0.2) is 9.98 Å². The maximum Gasteiger partial charge on any atom is 0.261 e. The van der Waals surface area contributed by atoms with Crippen molar-refractivity contribution in [3.63, 3.8) is 0 Å². The molecule has 0 saturated carbocycles. The van der Waals surface area contributed by atoms with Gasteiger partial charge in [-0.1, -0.05) is 46.2 Å². The Morgan fingerprint density at radius 1 is 0.775 bits per heavy atom. The first kappa shape index (κ1) is 62.8. The smallest absolute Gasteiger partial charge is 0.261 e. The van der Waals surface area contributed by atoms with Crippen LogP contribution in [-0.4, -0.2) is 168 Å². The number of benzene rings is 2. The molecule has 0 radical (unpaired) electrons. The number of aromatic nitrogens is 2. The summed E-state index contributed by atoms with van der Waals surface area (Å²) >= 11 is 0. The third-order valence-corrected chi connectivity index (χ3v) is 14.0. The minimum absolute atomic E-state index is 0.0146. The highest BCUT2D eigenvalue weighted by Gasteiger charge is 2.34. The lowest BCUT2D eigenvalue weighted by molar-refractivity contribution is -0.137. The number of phenolic OH excluding ortho intramolecular Hbond substituents is 1. The molecule has 5 rings (SSSR count). The fraction of sp³-hybridized carbons (Fsp3) is 0.556. The van der Waals surface area contributed by atoms with Crippen molar-refractivity contribution in [1.29, 1.82) is 5.41 Å². The van der Waals surface area contributed by atoms with E-state index in [-0.39, 0.29) is 85.4 Å². The summed E-state index contributed by atoms with van der Waals surface area (Å²) in [6, 6.07) is 4.78. The number of amides is 7. The minimum Gasteiger partial charge on any atom is -0.508 e. The Balaban J connectivity index is 1.32. The molecule has 1 fully saturated rings. The molecule has 7 atom stereocenters. The summed E-state index contributed by atoms with van der Waals surface area (Å²) in [5.41, 5.74) is 18.5. The van der Waals surface area contributed by atoms with Gasteiger partial charge < -0.3 is 69.3 Å². The first-order chi connectivity index (χ1) is 38.2. The van der Waals surface area contributed by atoms with Crippen molar-refractivity contribution < 1.29 is 38.7 Å². The molecule has 436 valence electrons. The molecule has 80 heavy (non-hydrogen) atoms. The van der Waals surface area contributed by atoms with Gasteiger partial charge in [-0.2, -0.15) is 0 Å². The first-order valence-corrected chi connectivity index (χ1v) is 27.3. The van der Waals surface area contributed by atoms with Gasteiger partial charge in [0.1, 0.15) is 48.3 Å². The molecule has 0 unspecified atom stereocenters. The number of nitrogens with two attached hydrogens (primary N) is 3. The summed E-state index contributed by atoms with van der Waals surface area (Å²) in [4.78, 5) is 127. The highest BCUT2D eigenvalue weighted by atomic mass is 16.3. The molecule has 2 aliphatic heterocycles. The average molecular weight is 1110 g/mol. The number of guanidine groups is 1. The molecule has 0 spiro atoms. The number of nitrogens with one attached hydrogen (secondary N) is 8. The summed E-state index contributed by atoms with van der Waals surface area (Å²) in [6.45, 7) is 9.46. The Hall–Kier alpha value is -8.00. The molecule has 1 saturated heterocycles. The van der Waals surface area contributed by atoms with Gasteiger partial charge in [0, 0.05) is 64.5 Å². The standard InChI is InChI=1S/C54H81N17O9/c1-6-33(4)46(56)51(78)65-40(10-7-8-18-55)53(80)70-24-22-69(23-25-70)35-14-17-38-37(28-35)52(79)71(31-63-38)30-45(73)64-39(11-9-19-62-54(57)58)48(75)68-43(29-44-60-20-21-61-44)50(77)67-42(27-34-12-15-36(72)16-13-34)49(76)66-41(26-32(2)3)47(74)59-5/h12-17,20,28,31-33,39-43,46,72H,6-11,18-19,21-27,29-30,55-56H2,1-5H3,(H,59,74)(H,64,73)(H,65,78)(H,66,76)(H,67,77)(H,68,75)(H4,57,58,62)/t33-,39-,40-,41-,42+,43-,46-/m0/s1. The molecule has 0 bridgehead atoms. The molecule has 7 amide bonds. The number of hydrogen-bond acceptors (Lipinski definition) is 16. The highest BCUT2D eigenvalue weighted by molar-refractivity contribution is 6.01. The summed E-state index contributed by atoms with van der Waals surface area (Å²) in [5.74, 6) is -4.18. The maximum atomic E-state index is 14.4. The minimum atomic E-state index is -1.40. The number of piperazine rings is 1. The van der Waals surface area contributed by atoms with Crippen molar-refractivity contribution >= 4 is 76.0 Å². The van der Waals surface area contributed by atoms with Crippen LogP contribution in [0.15, 0.2) is 63.6 Å². The number of nitrogens with zero attached hydrogens (tertiary/aromatic N) is 6. The van der Waals surface area contributed by atoms with Crippen molar-refractivity contribution in [3.05, 3.63) is 64.7 Å². The van der Waals surface area contributed by atoms with E-state index in [0.717, 1.165) is 4.57 Å². The van der Waals surface area contributed by atoms with E-state index < -0.39 is 77.9 Å². The fourth-order valence-electron chi connectivity index (χ4n) is 9.20. The maximum absolute atomic E-state index is 14.4. The van der Waals surface area contributed by atoms with Crippen LogP contribution in [0.5, 0.6) is 5.75 Å². The van der Waals surface area contributed by atoms with Crippen LogP contribution in [0.4, 0.5) is 5.69 Å². The molecule has 1 aromatic heterocycles. The number of carbonyl (C=O) groups is 7. The molecule has 26 nitrogen and oxygen atoms in total. The molecule has 0 aliphatic carbocycles. The van der Waals surface area contributed by atoms with Crippen LogP contribution in [0.2, 0.25) is 0 Å². The Kier molecular flexibility index (Phi) is 24.3. The lowest BCUT2D eigenvalue weighted by Gasteiger charge is -2.38. The Morgan fingerprint density at radius 3 is 2.02 bits per heavy atom. The number of amidine groups is 1. The van der Waals surface area contributed by atoms with Gasteiger partial charge in [0.15, 0.2) is 5.96 Å². The third-order valence-electron chi connectivity index (χ3n) is 14.0. The number of likely N-dealkylation sites (N-methyl/N-ethyl adjacent to an activating group) is 1. The van der Waals surface area contributed by atoms with Gasteiger partial charge in [0.25, 0.3) is 5.56 Å². The van der Waals surface area contributed by atoms with Crippen LogP contribution in [-0.2, 0) is 46.5 Å². The molecular weight excluding hydrogens is 1030 g/mol. The number of fused-ring (bicyclic) bond motifs is 1. The van der Waals surface area contributed by atoms with Gasteiger partial charge in [-0.15, -0.1) is 0 Å². The lowest BCUT2D eigenvalue weighted by atomic mass is 9.98. The molecule has 3 heterocycles. The number of hydrogen-bond donors (Lipinski definition) is 12. The predicted octanol–water partition coefficient (Wildman–Crippen LogP) is -1.15. The third kappa shape index (κ3) is 18.8. The average Bonchev–Trinajstić information content (AvgIpc) is 3.98. The number of aromatic hydroxyl groups is 1. The molecular formula is C54H81N17O9. The van der Waals surface area contributed by atoms with E-state index in [1.165, 1.54) is 31.7 Å². The Bertz CT molecular complexity index is 2760. The Labute approximate surface area is 465 Å². The fourth-order valence-corrected chi connectivity index (χ4v) is 9.20. The summed E-state index contributed by atoms with van der Waals surface area (Å²) in [6.07, 6.45) is 5.45. The highest BCUT2D eigenvalue weighted by Crippen LogP contribution is 2.22. The Morgan fingerprint density at radius 2 is 1.41 bits per heavy atom. The summed E-state index contributed by atoms with van der Waals surface area (Å²) in [5, 5.41) is 36.8. The van der Waals surface area contributed by atoms with E-state index >= 15 is 0 Å². The van der Waals surface area contributed by atoms with Crippen LogP contribution in [0.3, 0.4) is 0 Å². The number of rotatable bonds is 30. The van der Waals surface area contributed by atoms with E-state index in [0.29, 0.717) is 81.6 Å².